The maximum atomic E-state index is 12.5. The number of benzene rings is 2. The molecule has 2 aromatic carbocycles. The predicted molar refractivity (Wildman–Crippen MR) is 125 cm³/mol. The molecule has 4 rings (SSSR count). The molecule has 162 valence electrons. The SMILES string of the molecule is CCC1=NN2C(=N)C(=Cc3ccc(OC(=O)c4ccc(Cl)cc4)c(OC)c3)C(=O)N=C2S1. The number of methoxy groups -OCH3 is 1. The van der Waals surface area contributed by atoms with Gasteiger partial charge in [0.05, 0.1) is 18.2 Å². The molecule has 0 spiro atoms. The minimum Gasteiger partial charge on any atom is -0.493 e. The third-order valence-electron chi connectivity index (χ3n) is 4.58. The number of hydrazone groups is 1. The molecule has 2 aromatic rings. The van der Waals surface area contributed by atoms with Crippen molar-refractivity contribution in [3.8, 4) is 11.5 Å². The Bertz CT molecular complexity index is 1220. The van der Waals surface area contributed by atoms with Gasteiger partial charge in [0.15, 0.2) is 17.3 Å². The fraction of sp³-hybridized carbons (Fsp3) is 0.136. The van der Waals surface area contributed by atoms with Crippen LogP contribution in [0.15, 0.2) is 58.1 Å². The molecule has 0 unspecified atom stereocenters. The fourth-order valence-corrected chi connectivity index (χ4v) is 3.89. The summed E-state index contributed by atoms with van der Waals surface area (Å²) in [5.74, 6) is -0.614. The van der Waals surface area contributed by atoms with Gasteiger partial charge in [-0.2, -0.15) is 15.1 Å². The van der Waals surface area contributed by atoms with E-state index in [0.717, 1.165) is 5.04 Å². The second kappa shape index (κ2) is 8.97. The van der Waals surface area contributed by atoms with Gasteiger partial charge >= 0.3 is 5.97 Å². The van der Waals surface area contributed by atoms with Gasteiger partial charge in [0.2, 0.25) is 5.17 Å². The number of thioether (sulfide) groups is 1. The van der Waals surface area contributed by atoms with Crippen LogP contribution in [0.4, 0.5) is 0 Å². The van der Waals surface area contributed by atoms with Crippen molar-refractivity contribution in [2.24, 2.45) is 10.1 Å². The van der Waals surface area contributed by atoms with Gasteiger partial charge in [-0.1, -0.05) is 24.6 Å². The third kappa shape index (κ3) is 4.30. The van der Waals surface area contributed by atoms with E-state index in [-0.39, 0.29) is 17.2 Å². The Labute approximate surface area is 193 Å². The summed E-state index contributed by atoms with van der Waals surface area (Å²) >= 11 is 7.13. The number of rotatable bonds is 5. The molecule has 0 aromatic heterocycles. The summed E-state index contributed by atoms with van der Waals surface area (Å²) in [4.78, 5) is 28.9. The van der Waals surface area contributed by atoms with Crippen LogP contribution in [0.25, 0.3) is 6.08 Å². The number of nitrogens with zero attached hydrogens (tertiary/aromatic N) is 3. The Kier molecular flexibility index (Phi) is 6.11. The second-order valence-electron chi connectivity index (χ2n) is 6.67. The predicted octanol–water partition coefficient (Wildman–Crippen LogP) is 4.60. The van der Waals surface area contributed by atoms with Crippen LogP contribution in [0.3, 0.4) is 0 Å². The van der Waals surface area contributed by atoms with E-state index in [9.17, 15) is 9.59 Å². The summed E-state index contributed by atoms with van der Waals surface area (Å²) in [5.41, 5.74) is 1.02. The number of nitrogens with one attached hydrogen (secondary N) is 1. The number of halogens is 1. The average molecular weight is 469 g/mol. The summed E-state index contributed by atoms with van der Waals surface area (Å²) in [6.45, 7) is 1.95. The highest BCUT2D eigenvalue weighted by Gasteiger charge is 2.35. The first-order valence-corrected chi connectivity index (χ1v) is 10.7. The zero-order valence-corrected chi connectivity index (χ0v) is 18.7. The van der Waals surface area contributed by atoms with Crippen molar-refractivity contribution >= 4 is 57.4 Å². The first-order chi connectivity index (χ1) is 15.4. The summed E-state index contributed by atoms with van der Waals surface area (Å²) in [5, 5.41) is 15.8. The van der Waals surface area contributed by atoms with Crippen LogP contribution in [0.2, 0.25) is 5.02 Å². The normalized spacial score (nSPS) is 16.6. The van der Waals surface area contributed by atoms with Crippen LogP contribution < -0.4 is 9.47 Å². The van der Waals surface area contributed by atoms with Gasteiger partial charge in [0.25, 0.3) is 5.91 Å². The lowest BCUT2D eigenvalue weighted by atomic mass is 10.1. The number of amidine groups is 2. The molecular formula is C22H17ClN4O4S. The van der Waals surface area contributed by atoms with Crippen LogP contribution in [-0.2, 0) is 4.79 Å². The Balaban J connectivity index is 1.59. The molecule has 2 aliphatic rings. The standard InChI is InChI=1S/C22H17ClN4O4S/c1-3-18-26-27-19(24)15(20(28)25-22(27)32-18)10-12-4-9-16(17(11-12)30-2)31-21(29)13-5-7-14(23)8-6-13/h4-11,24H,3H2,1-2H3. The maximum Gasteiger partial charge on any atom is 0.343 e. The molecule has 0 aliphatic carbocycles. The quantitative estimate of drug-likeness (QED) is 0.390. The van der Waals surface area contributed by atoms with E-state index in [1.807, 2.05) is 6.92 Å². The molecule has 2 heterocycles. The largest absolute Gasteiger partial charge is 0.493 e. The molecule has 1 amide bonds. The Morgan fingerprint density at radius 1 is 1.22 bits per heavy atom. The van der Waals surface area contributed by atoms with Gasteiger partial charge in [-0.25, -0.2) is 4.79 Å². The highest BCUT2D eigenvalue weighted by Crippen LogP contribution is 2.32. The molecule has 32 heavy (non-hydrogen) atoms. The van der Waals surface area contributed by atoms with E-state index in [1.54, 1.807) is 42.5 Å². The number of amides is 1. The van der Waals surface area contributed by atoms with Gasteiger partial charge in [-0.3, -0.25) is 10.2 Å². The number of carbonyl (C=O) groups is 2. The van der Waals surface area contributed by atoms with Crippen molar-refractivity contribution < 1.29 is 19.1 Å². The highest BCUT2D eigenvalue weighted by molar-refractivity contribution is 8.26. The Hall–Kier alpha value is -3.43. The molecule has 10 heteroatoms. The molecule has 0 bridgehead atoms. The summed E-state index contributed by atoms with van der Waals surface area (Å²) < 4.78 is 10.8. The molecule has 0 saturated carbocycles. The topological polar surface area (TPSA) is 104 Å². The zero-order valence-electron chi connectivity index (χ0n) is 17.1. The van der Waals surface area contributed by atoms with E-state index in [0.29, 0.717) is 33.5 Å². The summed E-state index contributed by atoms with van der Waals surface area (Å²) in [6, 6.07) is 11.1. The molecule has 0 radical (unpaired) electrons. The number of aliphatic imine (C=N–C) groups is 1. The van der Waals surface area contributed by atoms with Crippen LogP contribution in [-0.4, -0.2) is 40.0 Å². The zero-order chi connectivity index (χ0) is 22.8. The van der Waals surface area contributed by atoms with E-state index in [1.165, 1.54) is 30.0 Å². The highest BCUT2D eigenvalue weighted by atomic mass is 35.5. The van der Waals surface area contributed by atoms with Crippen LogP contribution in [0.1, 0.15) is 29.3 Å². The molecule has 2 aliphatic heterocycles. The second-order valence-corrected chi connectivity index (χ2v) is 8.15. The minimum absolute atomic E-state index is 0.0480. The molecule has 0 fully saturated rings. The van der Waals surface area contributed by atoms with Gasteiger partial charge in [-0.15, -0.1) is 0 Å². The first kappa shape index (κ1) is 21.8. The van der Waals surface area contributed by atoms with Crippen LogP contribution >= 0.6 is 23.4 Å². The monoisotopic (exact) mass is 468 g/mol. The van der Waals surface area contributed by atoms with E-state index < -0.39 is 11.9 Å². The van der Waals surface area contributed by atoms with Crippen molar-refractivity contribution in [1.82, 2.24) is 5.01 Å². The van der Waals surface area contributed by atoms with Crippen LogP contribution in [0.5, 0.6) is 11.5 Å². The molecular weight excluding hydrogens is 452 g/mol. The van der Waals surface area contributed by atoms with Gasteiger partial charge < -0.3 is 9.47 Å². The maximum absolute atomic E-state index is 12.5. The smallest absolute Gasteiger partial charge is 0.343 e. The van der Waals surface area contributed by atoms with Crippen LogP contribution in [0, 0.1) is 5.41 Å². The molecule has 8 nitrogen and oxygen atoms in total. The first-order valence-electron chi connectivity index (χ1n) is 9.54. The lowest BCUT2D eigenvalue weighted by molar-refractivity contribution is -0.114. The van der Waals surface area contributed by atoms with Crippen molar-refractivity contribution in [2.75, 3.05) is 7.11 Å². The molecule has 0 atom stereocenters. The van der Waals surface area contributed by atoms with Gasteiger partial charge in [-0.05, 0) is 66.2 Å². The average Bonchev–Trinajstić information content (AvgIpc) is 3.21. The van der Waals surface area contributed by atoms with Crippen molar-refractivity contribution in [1.29, 1.82) is 5.41 Å². The number of esters is 1. The number of ether oxygens (including phenoxy) is 2. The summed E-state index contributed by atoms with van der Waals surface area (Å²) in [7, 11) is 1.44. The Morgan fingerprint density at radius 2 is 1.97 bits per heavy atom. The Morgan fingerprint density at radius 3 is 2.66 bits per heavy atom. The van der Waals surface area contributed by atoms with Crippen molar-refractivity contribution in [3.63, 3.8) is 0 Å². The molecule has 1 N–H and O–H groups in total. The third-order valence-corrected chi connectivity index (χ3v) is 5.88. The fourth-order valence-electron chi connectivity index (χ4n) is 2.94. The summed E-state index contributed by atoms with van der Waals surface area (Å²) in [6.07, 6.45) is 2.22. The van der Waals surface area contributed by atoms with Crippen molar-refractivity contribution in [2.45, 2.75) is 13.3 Å². The van der Waals surface area contributed by atoms with E-state index in [4.69, 9.17) is 26.5 Å². The number of hydrogen-bond donors (Lipinski definition) is 1. The number of carbonyl (C=O) groups excluding carboxylic acids is 2. The van der Waals surface area contributed by atoms with Gasteiger partial charge in [0.1, 0.15) is 5.04 Å². The lowest BCUT2D eigenvalue weighted by Gasteiger charge is -2.20. The number of hydrogen-bond acceptors (Lipinski definition) is 7. The van der Waals surface area contributed by atoms with Gasteiger partial charge in [0, 0.05) is 5.02 Å². The lowest BCUT2D eigenvalue weighted by Crippen LogP contribution is -2.35. The van der Waals surface area contributed by atoms with E-state index >= 15 is 0 Å². The van der Waals surface area contributed by atoms with Crippen molar-refractivity contribution in [3.05, 3.63) is 64.2 Å². The minimum atomic E-state index is -0.562. The van der Waals surface area contributed by atoms with E-state index in [2.05, 4.69) is 10.1 Å². The number of fused-ring (bicyclic) bond motifs is 1. The molecule has 0 saturated heterocycles.